The first-order chi connectivity index (χ1) is 72.4. The van der Waals surface area contributed by atoms with Gasteiger partial charge in [0.25, 0.3) is 0 Å². The fourth-order valence-corrected chi connectivity index (χ4v) is 27.9. The maximum Gasteiger partial charge on any atom is 0.0735 e. The lowest BCUT2D eigenvalue weighted by molar-refractivity contribution is 0.718. The van der Waals surface area contributed by atoms with Gasteiger partial charge in [0.15, 0.2) is 0 Å². The smallest absolute Gasteiger partial charge is 0.0735 e. The molecule has 146 heavy (non-hydrogen) atoms. The van der Waals surface area contributed by atoms with Crippen LogP contribution in [0, 0.1) is 0 Å². The van der Waals surface area contributed by atoms with Crippen LogP contribution in [0.3, 0.4) is 0 Å². The van der Waals surface area contributed by atoms with E-state index < -0.39 is 16.2 Å². The Kier molecular flexibility index (Phi) is 22.2. The van der Waals surface area contributed by atoms with Gasteiger partial charge in [0.05, 0.1) is 16.2 Å². The Morgan fingerprint density at radius 1 is 0.110 bits per heavy atom. The van der Waals surface area contributed by atoms with Crippen LogP contribution in [0.4, 0.5) is 0 Å². The summed E-state index contributed by atoms with van der Waals surface area (Å²) >= 11 is 5.71. The lowest BCUT2D eigenvalue weighted by Crippen LogP contribution is -2.34. The lowest BCUT2D eigenvalue weighted by Gasteiger charge is -2.43. The van der Waals surface area contributed by atoms with Crippen LogP contribution in [-0.4, -0.2) is 0 Å². The number of benzene rings is 26. The zero-order chi connectivity index (χ0) is 96.6. The second kappa shape index (κ2) is 37.0. The minimum atomic E-state index is -0.579. The van der Waals surface area contributed by atoms with Crippen molar-refractivity contribution in [2.45, 2.75) is 45.6 Å². The van der Waals surface area contributed by atoms with Crippen molar-refractivity contribution < 1.29 is 0 Å². The molecule has 0 nitrogen and oxygen atoms in total. The van der Waals surface area contributed by atoms with Gasteiger partial charge >= 0.3 is 0 Å². The van der Waals surface area contributed by atoms with E-state index in [9.17, 15) is 0 Å². The summed E-state index contributed by atoms with van der Waals surface area (Å²) in [5, 5.41) is 20.4. The van der Waals surface area contributed by atoms with Gasteiger partial charge in [-0.3, -0.25) is 0 Å². The average Bonchev–Trinajstić information content (AvgIpc) is 0.692. The Hall–Kier alpha value is -17.2. The van der Waals surface area contributed by atoms with Crippen molar-refractivity contribution in [1.29, 1.82) is 0 Å². The molecular weight excluding hydrogens is 1810 g/mol. The fourth-order valence-electron chi connectivity index (χ4n) is 24.1. The van der Waals surface area contributed by atoms with Gasteiger partial charge in [-0.15, -0.1) is 0 Å². The Morgan fingerprint density at radius 3 is 0.582 bits per heavy atom. The van der Waals surface area contributed by atoms with Crippen LogP contribution >= 0.6 is 35.3 Å². The molecule has 0 fully saturated rings. The summed E-state index contributed by atoms with van der Waals surface area (Å²) in [5.74, 6) is 0. The quantitative estimate of drug-likeness (QED) is 0.120. The average molecular weight is 1910 g/mol. The van der Waals surface area contributed by atoms with E-state index in [1.807, 2.05) is 35.3 Å². The fraction of sp³-hybridized carbons (Fsp3) is 0.0210. The minimum Gasteiger partial charge on any atom is -0.0894 e. The summed E-state index contributed by atoms with van der Waals surface area (Å²) < 4.78 is 0. The van der Waals surface area contributed by atoms with E-state index in [0.717, 1.165) is 0 Å². The third-order valence-corrected chi connectivity index (χ3v) is 34.1. The van der Waals surface area contributed by atoms with Crippen LogP contribution in [-0.2, 0) is 16.2 Å². The predicted octanol–water partition coefficient (Wildman–Crippen LogP) is 38.8. The van der Waals surface area contributed by atoms with E-state index in [1.165, 1.54) is 249 Å². The first kappa shape index (κ1) is 87.8. The molecule has 0 atom stereocenters. The monoisotopic (exact) mass is 1910 g/mol. The highest BCUT2D eigenvalue weighted by Crippen LogP contribution is 2.64. The second-order valence-electron chi connectivity index (χ2n) is 38.5. The molecule has 0 aromatic heterocycles. The van der Waals surface area contributed by atoms with Gasteiger partial charge < -0.3 is 0 Å². The highest BCUT2D eigenvalue weighted by Gasteiger charge is 2.50. The molecule has 3 heteroatoms. The molecule has 0 spiro atoms. The zero-order valence-electron chi connectivity index (χ0n) is 80.0. The van der Waals surface area contributed by atoms with E-state index in [-0.39, 0.29) is 0 Å². The molecule has 684 valence electrons. The maximum atomic E-state index is 2.40. The van der Waals surface area contributed by atoms with Gasteiger partial charge in [0.1, 0.15) is 0 Å². The van der Waals surface area contributed by atoms with Crippen LogP contribution in [0.1, 0.15) is 66.8 Å². The van der Waals surface area contributed by atoms with Crippen molar-refractivity contribution in [2.24, 2.45) is 0 Å². The summed E-state index contributed by atoms with van der Waals surface area (Å²) in [6.07, 6.45) is 0. The SMILES string of the molecule is c1ccc(-c2ccc(-c3ccc(C4(c5ccccc5)c5c(ccc6ccccc56)Sc5ccc6ccccc6c54)cc3)cc2)cc1.c1ccc(-c2ccc(C3(c4ccc(-c5ccc6ccccc6c5)cc4)c4c(ccc5ccccc45)Sc4ccc5ccccc5c43)cc2)cc1.c1ccc(-c2ccc(C3(c4ccc(-c5cccc6ccccc56)cc4)c4c(ccc5ccccc45)Sc4ccc5ccccc5c43)cc2)cc1. The molecule has 0 radical (unpaired) electrons. The molecule has 0 N–H and O–H groups in total. The predicted molar refractivity (Wildman–Crippen MR) is 619 cm³/mol. The molecule has 0 amide bonds. The first-order valence-corrected chi connectivity index (χ1v) is 52.8. The molecule has 29 rings (SSSR count). The molecule has 0 bridgehead atoms. The molecule has 26 aromatic rings. The Morgan fingerprint density at radius 2 is 0.295 bits per heavy atom. The Balaban J connectivity index is 0.000000109. The van der Waals surface area contributed by atoms with Gasteiger partial charge in [-0.2, -0.15) is 0 Å². The Labute approximate surface area is 863 Å². The van der Waals surface area contributed by atoms with Crippen LogP contribution in [0.25, 0.3) is 153 Å². The highest BCUT2D eigenvalue weighted by molar-refractivity contribution is 8.00. The standard InChI is InChI=1S/2C49H32S.C45H30S/c1-2-11-33(12-3-1)34-21-27-39(28-22-34)49(40-29-23-38(24-30-40)42-20-10-16-35-13-4-7-17-41(35)42)47-43-18-8-5-14-36(43)25-31-45(47)50-46-32-26-37-15-6-9-19-44(37)48(46)49;1-2-10-33(11-3-1)35-20-26-41(27-21-35)49(42-28-22-36(23-29-42)40-19-18-34-12-4-5-15-39(34)32-40)47-43-16-8-6-13-37(43)24-30-45(47)50-46-31-25-38-14-7-9-17-44(38)48(46)49;1-3-11-31(12-4-1)32-19-21-33(22-20-32)34-23-27-38(28-24-34)45(37-15-5-2-6-16-37)43-39-17-9-7-13-35(39)25-29-41(43)46-42-30-26-36-14-8-10-18-40(36)44(42)45/h2*1-32H;1-30H. The van der Waals surface area contributed by atoms with E-state index in [0.29, 0.717) is 0 Å². The van der Waals surface area contributed by atoms with E-state index in [1.54, 1.807) is 0 Å². The molecule has 0 unspecified atom stereocenters. The highest BCUT2D eigenvalue weighted by atomic mass is 32.2. The van der Waals surface area contributed by atoms with Crippen LogP contribution in [0.15, 0.2) is 600 Å². The number of hydrogen-bond acceptors (Lipinski definition) is 3. The summed E-state index contributed by atoms with van der Waals surface area (Å²) in [4.78, 5) is 7.83. The van der Waals surface area contributed by atoms with Crippen LogP contribution in [0.2, 0.25) is 0 Å². The van der Waals surface area contributed by atoms with Crippen molar-refractivity contribution in [3.8, 4) is 66.8 Å². The summed E-state index contributed by atoms with van der Waals surface area (Å²) in [5.41, 5.74) is 28.8. The van der Waals surface area contributed by atoms with E-state index in [4.69, 9.17) is 0 Å². The third-order valence-electron chi connectivity index (χ3n) is 30.8. The number of fused-ring (bicyclic) bond motifs is 20. The van der Waals surface area contributed by atoms with Gasteiger partial charge in [0.2, 0.25) is 0 Å². The van der Waals surface area contributed by atoms with E-state index >= 15 is 0 Å². The normalized spacial score (nSPS) is 13.3. The first-order valence-electron chi connectivity index (χ1n) is 50.4. The van der Waals surface area contributed by atoms with E-state index in [2.05, 4.69) is 570 Å². The molecule has 26 aromatic carbocycles. The van der Waals surface area contributed by atoms with Crippen molar-refractivity contribution in [3.05, 3.63) is 637 Å². The summed E-state index contributed by atoms with van der Waals surface area (Å²) in [6.45, 7) is 0. The molecular formula is C143H94S3. The Bertz CT molecular complexity index is 9250. The molecule has 0 saturated heterocycles. The summed E-state index contributed by atoms with van der Waals surface area (Å²) in [6, 6.07) is 211. The zero-order valence-corrected chi connectivity index (χ0v) is 82.4. The number of rotatable bonds is 12. The third kappa shape index (κ3) is 14.8. The molecule has 3 aliphatic rings. The largest absolute Gasteiger partial charge is 0.0894 e. The minimum absolute atomic E-state index is 0.519. The molecule has 3 aliphatic heterocycles. The summed E-state index contributed by atoms with van der Waals surface area (Å²) in [7, 11) is 0. The molecule has 0 saturated carbocycles. The van der Waals surface area contributed by atoms with Gasteiger partial charge in [-0.25, -0.2) is 0 Å². The van der Waals surface area contributed by atoms with Crippen molar-refractivity contribution in [2.75, 3.05) is 0 Å². The molecule has 0 aliphatic carbocycles. The molecule has 3 heterocycles. The van der Waals surface area contributed by atoms with Gasteiger partial charge in [0, 0.05) is 29.4 Å². The van der Waals surface area contributed by atoms with Crippen molar-refractivity contribution >= 4 is 121 Å². The van der Waals surface area contributed by atoms with Crippen molar-refractivity contribution in [3.63, 3.8) is 0 Å². The number of hydrogen-bond donors (Lipinski definition) is 0. The topological polar surface area (TPSA) is 0 Å². The van der Waals surface area contributed by atoms with Gasteiger partial charge in [-0.1, -0.05) is 563 Å². The van der Waals surface area contributed by atoms with Gasteiger partial charge in [-0.05, 0) is 262 Å². The van der Waals surface area contributed by atoms with Crippen LogP contribution < -0.4 is 0 Å². The second-order valence-corrected chi connectivity index (χ2v) is 41.8. The van der Waals surface area contributed by atoms with Crippen LogP contribution in [0.5, 0.6) is 0 Å². The maximum absolute atomic E-state index is 2.40. The lowest BCUT2D eigenvalue weighted by atomic mass is 9.62. The van der Waals surface area contributed by atoms with Crippen molar-refractivity contribution in [1.82, 2.24) is 0 Å².